The molecule has 0 rings (SSSR count). The van der Waals surface area contributed by atoms with E-state index in [0.29, 0.717) is 12.2 Å². The van der Waals surface area contributed by atoms with Gasteiger partial charge in [-0.05, 0) is 34.0 Å². The summed E-state index contributed by atoms with van der Waals surface area (Å²) in [5.41, 5.74) is 0. The third kappa shape index (κ3) is 4.70. The number of rotatable bonds is 7. The van der Waals surface area contributed by atoms with E-state index >= 15 is 0 Å². The first-order chi connectivity index (χ1) is 5.78. The Morgan fingerprint density at radius 2 is 1.58 bits per heavy atom. The Kier molecular flexibility index (Phi) is 7.45. The van der Waals surface area contributed by atoms with E-state index < -0.39 is 0 Å². The van der Waals surface area contributed by atoms with Crippen LogP contribution in [-0.4, -0.2) is 33.4 Å². The van der Waals surface area contributed by atoms with Gasteiger partial charge in [-0.2, -0.15) is 0 Å². The quantitative estimate of drug-likeness (QED) is 0.492. The van der Waals surface area contributed by atoms with Gasteiger partial charge in [-0.25, -0.2) is 0 Å². The summed E-state index contributed by atoms with van der Waals surface area (Å²) < 4.78 is 0. The van der Waals surface area contributed by atoms with Crippen molar-refractivity contribution in [2.75, 3.05) is 21.1 Å². The summed E-state index contributed by atoms with van der Waals surface area (Å²) in [4.78, 5) is 0. The zero-order valence-electron chi connectivity index (χ0n) is 8.78. The van der Waals surface area contributed by atoms with Crippen molar-refractivity contribution < 1.29 is 0 Å². The van der Waals surface area contributed by atoms with Crippen LogP contribution in [0.2, 0.25) is 0 Å². The predicted molar refractivity (Wildman–Crippen MR) is 54.3 cm³/mol. The Morgan fingerprint density at radius 3 is 1.92 bits per heavy atom. The van der Waals surface area contributed by atoms with E-state index in [1.165, 1.54) is 12.8 Å². The minimum Gasteiger partial charge on any atom is -0.317 e. The fourth-order valence-electron chi connectivity index (χ4n) is 1.39. The Morgan fingerprint density at radius 1 is 1.00 bits per heavy atom. The average Bonchev–Trinajstić information content (AvgIpc) is 2.12. The zero-order chi connectivity index (χ0) is 9.40. The minimum atomic E-state index is 0.425. The molecule has 74 valence electrons. The zero-order valence-corrected chi connectivity index (χ0v) is 8.78. The molecule has 3 nitrogen and oxygen atoms in total. The molecule has 0 aromatic heterocycles. The third-order valence-corrected chi connectivity index (χ3v) is 2.26. The van der Waals surface area contributed by atoms with E-state index in [-0.39, 0.29) is 0 Å². The SMILES string of the molecule is CCCC(CC(NC)NC)NC. The molecule has 0 aromatic carbocycles. The van der Waals surface area contributed by atoms with E-state index in [2.05, 4.69) is 22.9 Å². The molecule has 0 aliphatic carbocycles. The van der Waals surface area contributed by atoms with Crippen LogP contribution in [0.5, 0.6) is 0 Å². The first-order valence-electron chi connectivity index (χ1n) is 4.80. The Hall–Kier alpha value is -0.120. The van der Waals surface area contributed by atoms with Gasteiger partial charge in [-0.15, -0.1) is 0 Å². The van der Waals surface area contributed by atoms with Crippen LogP contribution in [0, 0.1) is 0 Å². The standard InChI is InChI=1S/C9H23N3/c1-5-6-8(10-2)7-9(11-3)12-4/h8-12H,5-7H2,1-4H3. The minimum absolute atomic E-state index is 0.425. The Balaban J connectivity index is 3.65. The van der Waals surface area contributed by atoms with Crippen molar-refractivity contribution in [3.05, 3.63) is 0 Å². The second-order valence-electron chi connectivity index (χ2n) is 3.14. The number of hydrogen-bond donors (Lipinski definition) is 3. The highest BCUT2D eigenvalue weighted by molar-refractivity contribution is 4.71. The van der Waals surface area contributed by atoms with Gasteiger partial charge >= 0.3 is 0 Å². The lowest BCUT2D eigenvalue weighted by atomic mass is 10.1. The maximum Gasteiger partial charge on any atom is 0.0581 e. The summed E-state index contributed by atoms with van der Waals surface area (Å²) in [6.07, 6.45) is 4.05. The van der Waals surface area contributed by atoms with Gasteiger partial charge in [0.05, 0.1) is 6.17 Å². The molecule has 0 aliphatic heterocycles. The molecule has 1 atom stereocenters. The molecule has 0 aromatic rings. The van der Waals surface area contributed by atoms with Gasteiger partial charge in [0.1, 0.15) is 0 Å². The maximum absolute atomic E-state index is 3.32. The molecule has 0 amide bonds. The molecule has 0 heterocycles. The van der Waals surface area contributed by atoms with Crippen LogP contribution in [0.3, 0.4) is 0 Å². The van der Waals surface area contributed by atoms with Crippen LogP contribution in [0.25, 0.3) is 0 Å². The molecule has 0 fully saturated rings. The highest BCUT2D eigenvalue weighted by atomic mass is 15.1. The first-order valence-corrected chi connectivity index (χ1v) is 4.80. The van der Waals surface area contributed by atoms with Crippen molar-refractivity contribution in [3.63, 3.8) is 0 Å². The Labute approximate surface area is 76.3 Å². The van der Waals surface area contributed by atoms with Crippen LogP contribution in [0.1, 0.15) is 26.2 Å². The van der Waals surface area contributed by atoms with E-state index in [1.807, 2.05) is 21.1 Å². The molecule has 0 spiro atoms. The van der Waals surface area contributed by atoms with Crippen molar-refractivity contribution in [2.45, 2.75) is 38.4 Å². The lowest BCUT2D eigenvalue weighted by molar-refractivity contribution is 0.375. The van der Waals surface area contributed by atoms with Gasteiger partial charge in [0.15, 0.2) is 0 Å². The molecule has 0 radical (unpaired) electrons. The van der Waals surface area contributed by atoms with Crippen molar-refractivity contribution in [3.8, 4) is 0 Å². The summed E-state index contributed by atoms with van der Waals surface area (Å²) in [6.45, 7) is 2.22. The van der Waals surface area contributed by atoms with E-state index in [9.17, 15) is 0 Å². The van der Waals surface area contributed by atoms with Crippen LogP contribution in [-0.2, 0) is 0 Å². The molecule has 12 heavy (non-hydrogen) atoms. The fourth-order valence-corrected chi connectivity index (χ4v) is 1.39. The summed E-state index contributed by atoms with van der Waals surface area (Å²) >= 11 is 0. The van der Waals surface area contributed by atoms with E-state index in [0.717, 1.165) is 6.42 Å². The van der Waals surface area contributed by atoms with Gasteiger partial charge in [0, 0.05) is 6.04 Å². The van der Waals surface area contributed by atoms with Crippen LogP contribution in [0.4, 0.5) is 0 Å². The van der Waals surface area contributed by atoms with Crippen LogP contribution >= 0.6 is 0 Å². The van der Waals surface area contributed by atoms with Gasteiger partial charge in [0.2, 0.25) is 0 Å². The molecular formula is C9H23N3. The fraction of sp³-hybridized carbons (Fsp3) is 1.00. The highest BCUT2D eigenvalue weighted by Gasteiger charge is 2.10. The van der Waals surface area contributed by atoms with E-state index in [4.69, 9.17) is 0 Å². The van der Waals surface area contributed by atoms with Gasteiger partial charge in [0.25, 0.3) is 0 Å². The van der Waals surface area contributed by atoms with Crippen LogP contribution < -0.4 is 16.0 Å². The highest BCUT2D eigenvalue weighted by Crippen LogP contribution is 2.02. The van der Waals surface area contributed by atoms with E-state index in [1.54, 1.807) is 0 Å². The maximum atomic E-state index is 3.32. The summed E-state index contributed by atoms with van der Waals surface area (Å²) in [5, 5.41) is 9.77. The molecular weight excluding hydrogens is 150 g/mol. The largest absolute Gasteiger partial charge is 0.317 e. The predicted octanol–water partition coefficient (Wildman–Crippen LogP) is 0.530. The van der Waals surface area contributed by atoms with Gasteiger partial charge in [-0.3, -0.25) is 0 Å². The molecule has 0 saturated heterocycles. The van der Waals surface area contributed by atoms with Crippen molar-refractivity contribution in [1.82, 2.24) is 16.0 Å². The van der Waals surface area contributed by atoms with Crippen molar-refractivity contribution in [1.29, 1.82) is 0 Å². The average molecular weight is 173 g/mol. The van der Waals surface area contributed by atoms with Gasteiger partial charge < -0.3 is 16.0 Å². The summed E-state index contributed by atoms with van der Waals surface area (Å²) in [7, 11) is 6.00. The molecule has 0 aliphatic rings. The monoisotopic (exact) mass is 173 g/mol. The Bertz CT molecular complexity index is 91.8. The molecule has 0 bridgehead atoms. The first kappa shape index (κ1) is 11.9. The third-order valence-electron chi connectivity index (χ3n) is 2.26. The molecule has 3 N–H and O–H groups in total. The lowest BCUT2D eigenvalue weighted by Crippen LogP contribution is -2.43. The van der Waals surface area contributed by atoms with Gasteiger partial charge in [-0.1, -0.05) is 13.3 Å². The second kappa shape index (κ2) is 7.53. The summed E-state index contributed by atoms with van der Waals surface area (Å²) in [5.74, 6) is 0. The van der Waals surface area contributed by atoms with Crippen molar-refractivity contribution >= 4 is 0 Å². The molecule has 1 unspecified atom stereocenters. The topological polar surface area (TPSA) is 36.1 Å². The normalized spacial score (nSPS) is 13.8. The second-order valence-corrected chi connectivity index (χ2v) is 3.14. The molecule has 3 heteroatoms. The smallest absolute Gasteiger partial charge is 0.0581 e. The van der Waals surface area contributed by atoms with Crippen LogP contribution in [0.15, 0.2) is 0 Å². The summed E-state index contributed by atoms with van der Waals surface area (Å²) in [6, 6.07) is 0.625. The number of nitrogens with one attached hydrogen (secondary N) is 3. The lowest BCUT2D eigenvalue weighted by Gasteiger charge is -2.22. The number of hydrogen-bond acceptors (Lipinski definition) is 3. The molecule has 0 saturated carbocycles. The van der Waals surface area contributed by atoms with Crippen molar-refractivity contribution in [2.24, 2.45) is 0 Å².